The molecule has 7 heteroatoms. The standard InChI is InChI=1S/C29H29N5O2/c1-32(2)23-12-14-34(18-23)26-10-9-21(15-22(26)17-30)24-11-13-31-25-16-27(36-28(24)25)19-5-7-20(8-6-19)29(35)33(3)4/h5-11,13,15-16,23H,12,14,18H2,1-4H3/t23-/m0/s1. The predicted molar refractivity (Wildman–Crippen MR) is 142 cm³/mol. The topological polar surface area (TPSA) is 76.6 Å². The fraction of sp³-hybridized carbons (Fsp3) is 0.276. The van der Waals surface area contributed by atoms with Gasteiger partial charge in [-0.05, 0) is 56.4 Å². The molecule has 0 saturated carbocycles. The van der Waals surface area contributed by atoms with Crippen LogP contribution in [0.4, 0.5) is 5.69 Å². The molecule has 182 valence electrons. The quantitative estimate of drug-likeness (QED) is 0.406. The van der Waals surface area contributed by atoms with E-state index in [0.29, 0.717) is 28.5 Å². The number of carbonyl (C=O) groups excluding carboxylic acids is 1. The average Bonchev–Trinajstić information content (AvgIpc) is 3.55. The van der Waals surface area contributed by atoms with E-state index >= 15 is 0 Å². The Balaban J connectivity index is 1.48. The molecular formula is C29H29N5O2. The van der Waals surface area contributed by atoms with Gasteiger partial charge in [0.15, 0.2) is 5.58 Å². The molecule has 1 saturated heterocycles. The first-order valence-corrected chi connectivity index (χ1v) is 12.0. The molecule has 5 rings (SSSR count). The van der Waals surface area contributed by atoms with Gasteiger partial charge in [0.05, 0.1) is 11.3 Å². The van der Waals surface area contributed by atoms with Crippen molar-refractivity contribution >= 4 is 22.7 Å². The molecular weight excluding hydrogens is 450 g/mol. The van der Waals surface area contributed by atoms with E-state index in [0.717, 1.165) is 47.4 Å². The van der Waals surface area contributed by atoms with Crippen molar-refractivity contribution in [2.45, 2.75) is 12.5 Å². The number of hydrogen-bond donors (Lipinski definition) is 0. The molecule has 0 radical (unpaired) electrons. The molecule has 0 spiro atoms. The lowest BCUT2D eigenvalue weighted by molar-refractivity contribution is 0.0827. The van der Waals surface area contributed by atoms with Crippen molar-refractivity contribution in [2.24, 2.45) is 0 Å². The number of nitriles is 1. The number of carbonyl (C=O) groups is 1. The fourth-order valence-corrected chi connectivity index (χ4v) is 4.79. The van der Waals surface area contributed by atoms with Gasteiger partial charge in [-0.1, -0.05) is 18.2 Å². The third kappa shape index (κ3) is 4.32. The first kappa shape index (κ1) is 23.6. The van der Waals surface area contributed by atoms with E-state index in [4.69, 9.17) is 4.42 Å². The van der Waals surface area contributed by atoms with Crippen LogP contribution in [0.5, 0.6) is 0 Å². The van der Waals surface area contributed by atoms with Crippen LogP contribution in [0.2, 0.25) is 0 Å². The van der Waals surface area contributed by atoms with E-state index in [1.807, 2.05) is 36.4 Å². The minimum atomic E-state index is -0.0435. The Labute approximate surface area is 211 Å². The molecule has 0 aliphatic carbocycles. The summed E-state index contributed by atoms with van der Waals surface area (Å²) in [6, 6.07) is 20.1. The van der Waals surface area contributed by atoms with Gasteiger partial charge in [-0.3, -0.25) is 9.78 Å². The van der Waals surface area contributed by atoms with Crippen LogP contribution in [0.3, 0.4) is 0 Å². The highest BCUT2D eigenvalue weighted by molar-refractivity contribution is 5.95. The van der Waals surface area contributed by atoms with Crippen molar-refractivity contribution in [2.75, 3.05) is 46.2 Å². The van der Waals surface area contributed by atoms with E-state index in [-0.39, 0.29) is 5.91 Å². The zero-order valence-corrected chi connectivity index (χ0v) is 21.0. The van der Waals surface area contributed by atoms with Gasteiger partial charge in [-0.25, -0.2) is 0 Å². The van der Waals surface area contributed by atoms with Gasteiger partial charge in [0.2, 0.25) is 0 Å². The normalized spacial score (nSPS) is 15.4. The number of pyridine rings is 1. The van der Waals surface area contributed by atoms with E-state index in [9.17, 15) is 10.1 Å². The summed E-state index contributed by atoms with van der Waals surface area (Å²) in [7, 11) is 7.68. The Morgan fingerprint density at radius 1 is 1.06 bits per heavy atom. The number of amides is 1. The molecule has 4 aromatic rings. The van der Waals surface area contributed by atoms with E-state index in [1.165, 1.54) is 0 Å². The van der Waals surface area contributed by atoms with E-state index in [2.05, 4.69) is 41.0 Å². The number of furan rings is 1. The number of nitrogens with zero attached hydrogens (tertiary/aromatic N) is 5. The molecule has 0 unspecified atom stereocenters. The third-order valence-corrected chi connectivity index (χ3v) is 6.90. The van der Waals surface area contributed by atoms with Crippen molar-refractivity contribution in [1.82, 2.24) is 14.8 Å². The van der Waals surface area contributed by atoms with Crippen LogP contribution < -0.4 is 4.90 Å². The summed E-state index contributed by atoms with van der Waals surface area (Å²) in [5, 5.41) is 9.94. The maximum Gasteiger partial charge on any atom is 0.253 e. The first-order chi connectivity index (χ1) is 17.4. The lowest BCUT2D eigenvalue weighted by Gasteiger charge is -2.23. The highest BCUT2D eigenvalue weighted by Crippen LogP contribution is 2.36. The predicted octanol–water partition coefficient (Wildman–Crippen LogP) is 4.88. The molecule has 7 nitrogen and oxygen atoms in total. The number of hydrogen-bond acceptors (Lipinski definition) is 6. The second-order valence-electron chi connectivity index (χ2n) is 9.66. The van der Waals surface area contributed by atoms with Gasteiger partial charge in [-0.15, -0.1) is 0 Å². The Morgan fingerprint density at radius 2 is 1.81 bits per heavy atom. The van der Waals surface area contributed by atoms with Crippen molar-refractivity contribution in [1.29, 1.82) is 5.26 Å². The SMILES string of the molecule is CN(C)C(=O)c1ccc(-c2cc3nccc(-c4ccc(N5CC[C@H](N(C)C)C5)c(C#N)c4)c3o2)cc1. The molecule has 1 fully saturated rings. The number of fused-ring (bicyclic) bond motifs is 1. The number of likely N-dealkylation sites (N-methyl/N-ethyl adjacent to an activating group) is 1. The monoisotopic (exact) mass is 479 g/mol. The van der Waals surface area contributed by atoms with E-state index < -0.39 is 0 Å². The molecule has 0 bridgehead atoms. The summed E-state index contributed by atoms with van der Waals surface area (Å²) in [6.45, 7) is 1.86. The first-order valence-electron chi connectivity index (χ1n) is 12.0. The maximum absolute atomic E-state index is 12.2. The van der Waals surface area contributed by atoms with E-state index in [1.54, 1.807) is 37.3 Å². The molecule has 3 heterocycles. The zero-order chi connectivity index (χ0) is 25.4. The van der Waals surface area contributed by atoms with Gasteiger partial charge in [-0.2, -0.15) is 5.26 Å². The van der Waals surface area contributed by atoms with Crippen LogP contribution >= 0.6 is 0 Å². The second-order valence-corrected chi connectivity index (χ2v) is 9.66. The molecule has 2 aromatic carbocycles. The summed E-state index contributed by atoms with van der Waals surface area (Å²) >= 11 is 0. The molecule has 2 aromatic heterocycles. The molecule has 36 heavy (non-hydrogen) atoms. The second kappa shape index (κ2) is 9.48. The number of rotatable bonds is 5. The molecule has 1 amide bonds. The third-order valence-electron chi connectivity index (χ3n) is 6.90. The fourth-order valence-electron chi connectivity index (χ4n) is 4.79. The smallest absolute Gasteiger partial charge is 0.253 e. The van der Waals surface area contributed by atoms with Gasteiger partial charge in [0, 0.05) is 62.2 Å². The van der Waals surface area contributed by atoms with Crippen LogP contribution in [0.25, 0.3) is 33.6 Å². The zero-order valence-electron chi connectivity index (χ0n) is 21.0. The van der Waals surface area contributed by atoms with Crippen molar-refractivity contribution in [3.8, 4) is 28.5 Å². The average molecular weight is 480 g/mol. The van der Waals surface area contributed by atoms with Gasteiger partial charge < -0.3 is 19.1 Å². The lowest BCUT2D eigenvalue weighted by atomic mass is 10.0. The largest absolute Gasteiger partial charge is 0.454 e. The number of anilines is 1. The summed E-state index contributed by atoms with van der Waals surface area (Å²) < 4.78 is 6.27. The highest BCUT2D eigenvalue weighted by atomic mass is 16.3. The molecule has 0 N–H and O–H groups in total. The van der Waals surface area contributed by atoms with Gasteiger partial charge in [0.25, 0.3) is 5.91 Å². The summed E-state index contributed by atoms with van der Waals surface area (Å²) in [5.74, 6) is 0.635. The van der Waals surface area contributed by atoms with Crippen molar-refractivity contribution in [3.05, 3.63) is 71.9 Å². The minimum Gasteiger partial charge on any atom is -0.454 e. The Bertz CT molecular complexity index is 1460. The summed E-state index contributed by atoms with van der Waals surface area (Å²) in [4.78, 5) is 22.8. The minimum absolute atomic E-state index is 0.0435. The summed E-state index contributed by atoms with van der Waals surface area (Å²) in [5.41, 5.74) is 6.34. The van der Waals surface area contributed by atoms with Crippen molar-refractivity contribution in [3.63, 3.8) is 0 Å². The van der Waals surface area contributed by atoms with Crippen LogP contribution in [0.15, 0.2) is 65.2 Å². The van der Waals surface area contributed by atoms with Crippen LogP contribution in [0.1, 0.15) is 22.3 Å². The Morgan fingerprint density at radius 3 is 2.47 bits per heavy atom. The molecule has 1 atom stereocenters. The Kier molecular flexibility index (Phi) is 6.21. The van der Waals surface area contributed by atoms with Gasteiger partial charge in [0.1, 0.15) is 17.3 Å². The highest BCUT2D eigenvalue weighted by Gasteiger charge is 2.26. The molecule has 1 aliphatic heterocycles. The van der Waals surface area contributed by atoms with Gasteiger partial charge >= 0.3 is 0 Å². The Hall–Kier alpha value is -4.15. The maximum atomic E-state index is 12.2. The molecule has 1 aliphatic rings. The summed E-state index contributed by atoms with van der Waals surface area (Å²) in [6.07, 6.45) is 2.85. The lowest BCUT2D eigenvalue weighted by Crippen LogP contribution is -2.31. The van der Waals surface area contributed by atoms with Crippen LogP contribution in [-0.4, -0.2) is 68.0 Å². The van der Waals surface area contributed by atoms with Crippen LogP contribution in [0, 0.1) is 11.3 Å². The van der Waals surface area contributed by atoms with Crippen molar-refractivity contribution < 1.29 is 9.21 Å². The number of benzene rings is 2. The number of aromatic nitrogens is 1. The van der Waals surface area contributed by atoms with Crippen LogP contribution in [-0.2, 0) is 0 Å².